The molecule has 0 radical (unpaired) electrons. The van der Waals surface area contributed by atoms with Crippen LogP contribution in [0, 0.1) is 0 Å². The van der Waals surface area contributed by atoms with Gasteiger partial charge in [-0.1, -0.05) is 0 Å². The molecule has 1 atom stereocenters. The second-order valence-electron chi connectivity index (χ2n) is 7.18. The molecule has 1 unspecified atom stereocenters. The van der Waals surface area contributed by atoms with Crippen molar-refractivity contribution >= 4 is 11.8 Å². The Morgan fingerprint density at radius 2 is 2.00 bits per heavy atom. The molecular formula is C16H26F2N4O2. The summed E-state index contributed by atoms with van der Waals surface area (Å²) in [4.78, 5) is 13.7. The predicted molar refractivity (Wildman–Crippen MR) is 87.4 cm³/mol. The van der Waals surface area contributed by atoms with Crippen molar-refractivity contribution in [3.05, 3.63) is 12.4 Å². The Balaban J connectivity index is 1.86. The number of nitrogens with one attached hydrogen (secondary N) is 1. The van der Waals surface area contributed by atoms with Crippen LogP contribution in [0.25, 0.3) is 0 Å². The monoisotopic (exact) mass is 344 g/mol. The van der Waals surface area contributed by atoms with Gasteiger partial charge in [-0.05, 0) is 40.5 Å². The van der Waals surface area contributed by atoms with E-state index in [1.54, 1.807) is 22.0 Å². The molecular weight excluding hydrogens is 318 g/mol. The minimum Gasteiger partial charge on any atom is -0.444 e. The van der Waals surface area contributed by atoms with Crippen LogP contribution in [0.4, 0.5) is 19.3 Å². The first-order chi connectivity index (χ1) is 11.2. The molecule has 0 bridgehead atoms. The third kappa shape index (κ3) is 5.07. The van der Waals surface area contributed by atoms with E-state index in [1.807, 2.05) is 20.8 Å². The van der Waals surface area contributed by atoms with Crippen LogP contribution < -0.4 is 5.32 Å². The minimum absolute atomic E-state index is 0.154. The van der Waals surface area contributed by atoms with Gasteiger partial charge in [0.2, 0.25) is 0 Å². The average Bonchev–Trinajstić information content (AvgIpc) is 2.94. The van der Waals surface area contributed by atoms with Gasteiger partial charge in [0.1, 0.15) is 5.60 Å². The lowest BCUT2D eigenvalue weighted by Crippen LogP contribution is -2.42. The average molecular weight is 344 g/mol. The van der Waals surface area contributed by atoms with Crippen molar-refractivity contribution in [1.82, 2.24) is 14.7 Å². The number of hydrogen-bond donors (Lipinski definition) is 1. The highest BCUT2D eigenvalue weighted by Gasteiger charge is 2.28. The van der Waals surface area contributed by atoms with E-state index in [4.69, 9.17) is 4.74 Å². The number of likely N-dealkylation sites (tertiary alicyclic amines) is 1. The molecule has 1 aromatic heterocycles. The van der Waals surface area contributed by atoms with E-state index in [9.17, 15) is 13.6 Å². The van der Waals surface area contributed by atoms with Gasteiger partial charge in [0.25, 0.3) is 6.43 Å². The molecule has 8 heteroatoms. The Kier molecular flexibility index (Phi) is 5.66. The van der Waals surface area contributed by atoms with Gasteiger partial charge < -0.3 is 15.0 Å². The molecule has 2 heterocycles. The van der Waals surface area contributed by atoms with Crippen LogP contribution in [0.2, 0.25) is 0 Å². The molecule has 6 nitrogen and oxygen atoms in total. The quantitative estimate of drug-likeness (QED) is 0.908. The maximum absolute atomic E-state index is 12.6. The van der Waals surface area contributed by atoms with Crippen LogP contribution >= 0.6 is 0 Å². The molecule has 1 saturated heterocycles. The Morgan fingerprint density at radius 3 is 2.54 bits per heavy atom. The van der Waals surface area contributed by atoms with Crippen molar-refractivity contribution in [2.24, 2.45) is 0 Å². The van der Waals surface area contributed by atoms with Crippen molar-refractivity contribution in [3.63, 3.8) is 0 Å². The zero-order valence-electron chi connectivity index (χ0n) is 14.6. The molecule has 2 rings (SSSR count). The molecule has 1 aromatic rings. The van der Waals surface area contributed by atoms with Crippen molar-refractivity contribution in [3.8, 4) is 0 Å². The summed E-state index contributed by atoms with van der Waals surface area (Å²) in [5, 5.41) is 6.99. The van der Waals surface area contributed by atoms with Gasteiger partial charge in [-0.15, -0.1) is 0 Å². The number of carbonyl (C=O) groups is 1. The molecule has 136 valence electrons. The Hall–Kier alpha value is -1.86. The Bertz CT molecular complexity index is 549. The number of aromatic nitrogens is 2. The molecule has 1 aliphatic rings. The fourth-order valence-electron chi connectivity index (χ4n) is 2.58. The highest BCUT2D eigenvalue weighted by atomic mass is 19.3. The molecule has 0 spiro atoms. The number of anilines is 1. The largest absolute Gasteiger partial charge is 0.444 e. The zero-order chi connectivity index (χ0) is 17.9. The molecule has 24 heavy (non-hydrogen) atoms. The van der Waals surface area contributed by atoms with E-state index >= 15 is 0 Å². The third-order valence-corrected chi connectivity index (χ3v) is 3.86. The normalized spacial score (nSPS) is 17.9. The molecule has 0 aromatic carbocycles. The van der Waals surface area contributed by atoms with Gasteiger partial charge in [0.15, 0.2) is 0 Å². The fourth-order valence-corrected chi connectivity index (χ4v) is 2.58. The van der Waals surface area contributed by atoms with Crippen LogP contribution in [0.5, 0.6) is 0 Å². The predicted octanol–water partition coefficient (Wildman–Crippen LogP) is 3.52. The molecule has 0 saturated carbocycles. The smallest absolute Gasteiger partial charge is 0.410 e. The van der Waals surface area contributed by atoms with Crippen LogP contribution in [0.3, 0.4) is 0 Å². The summed E-state index contributed by atoms with van der Waals surface area (Å²) in [6.45, 7) is 8.15. The first-order valence-corrected chi connectivity index (χ1v) is 8.22. The number of alkyl halides is 2. The van der Waals surface area contributed by atoms with Crippen LogP contribution in [-0.2, 0) is 4.74 Å². The van der Waals surface area contributed by atoms with Gasteiger partial charge >= 0.3 is 6.09 Å². The SMILES string of the molecule is CC(Nc1cnn(C2CCN(C(=O)OC(C)(C)C)CC2)c1)C(F)F. The van der Waals surface area contributed by atoms with E-state index in [0.29, 0.717) is 18.8 Å². The first kappa shape index (κ1) is 18.5. The van der Waals surface area contributed by atoms with Crippen molar-refractivity contribution in [2.75, 3.05) is 18.4 Å². The number of halogens is 2. The standard InChI is InChI=1S/C16H26F2N4O2/c1-11(14(17)18)20-12-9-19-22(10-12)13-5-7-21(8-6-13)15(23)24-16(2,3)4/h9-11,13-14,20H,5-8H2,1-4H3. The van der Waals surface area contributed by atoms with E-state index in [2.05, 4.69) is 10.4 Å². The van der Waals surface area contributed by atoms with Gasteiger partial charge in [-0.3, -0.25) is 4.68 Å². The van der Waals surface area contributed by atoms with Gasteiger partial charge in [-0.25, -0.2) is 13.6 Å². The maximum Gasteiger partial charge on any atom is 0.410 e. The molecule has 1 aliphatic heterocycles. The molecule has 0 aliphatic carbocycles. The summed E-state index contributed by atoms with van der Waals surface area (Å²) in [7, 11) is 0. The van der Waals surface area contributed by atoms with Crippen LogP contribution in [0.1, 0.15) is 46.6 Å². The zero-order valence-corrected chi connectivity index (χ0v) is 14.6. The number of carbonyl (C=O) groups excluding carboxylic acids is 1. The number of nitrogens with zero attached hydrogens (tertiary/aromatic N) is 3. The number of rotatable bonds is 4. The Labute approximate surface area is 141 Å². The molecule has 1 N–H and O–H groups in total. The van der Waals surface area contributed by atoms with Crippen molar-refractivity contribution < 1.29 is 18.3 Å². The molecule has 1 amide bonds. The lowest BCUT2D eigenvalue weighted by Gasteiger charge is -2.33. The molecule has 1 fully saturated rings. The summed E-state index contributed by atoms with van der Waals surface area (Å²) in [6.07, 6.45) is 2.08. The number of ether oxygens (including phenoxy) is 1. The van der Waals surface area contributed by atoms with Crippen LogP contribution in [-0.4, -0.2) is 51.9 Å². The number of piperidine rings is 1. The Morgan fingerprint density at radius 1 is 1.38 bits per heavy atom. The fraction of sp³-hybridized carbons (Fsp3) is 0.750. The van der Waals surface area contributed by atoms with Gasteiger partial charge in [-0.2, -0.15) is 5.10 Å². The summed E-state index contributed by atoms with van der Waals surface area (Å²) in [5.41, 5.74) is 0.0788. The summed E-state index contributed by atoms with van der Waals surface area (Å²) in [5.74, 6) is 0. The highest BCUT2D eigenvalue weighted by molar-refractivity contribution is 5.68. The van der Waals surface area contributed by atoms with E-state index in [-0.39, 0.29) is 12.1 Å². The van der Waals surface area contributed by atoms with Crippen molar-refractivity contribution in [1.29, 1.82) is 0 Å². The summed E-state index contributed by atoms with van der Waals surface area (Å²) < 4.78 is 32.3. The first-order valence-electron chi connectivity index (χ1n) is 8.22. The highest BCUT2D eigenvalue weighted by Crippen LogP contribution is 2.24. The summed E-state index contributed by atoms with van der Waals surface area (Å²) in [6, 6.07) is -0.766. The second kappa shape index (κ2) is 7.36. The third-order valence-electron chi connectivity index (χ3n) is 3.86. The minimum atomic E-state index is -2.43. The second-order valence-corrected chi connectivity index (χ2v) is 7.18. The number of amides is 1. The van der Waals surface area contributed by atoms with Crippen molar-refractivity contribution in [2.45, 2.75) is 64.6 Å². The lowest BCUT2D eigenvalue weighted by molar-refractivity contribution is 0.0185. The van der Waals surface area contributed by atoms with Gasteiger partial charge in [0, 0.05) is 19.3 Å². The lowest BCUT2D eigenvalue weighted by atomic mass is 10.1. The van der Waals surface area contributed by atoms with E-state index in [1.165, 1.54) is 6.92 Å². The summed E-state index contributed by atoms with van der Waals surface area (Å²) >= 11 is 0. The topological polar surface area (TPSA) is 59.4 Å². The van der Waals surface area contributed by atoms with Crippen LogP contribution in [0.15, 0.2) is 12.4 Å². The van der Waals surface area contributed by atoms with E-state index < -0.39 is 18.1 Å². The maximum atomic E-state index is 12.6. The van der Waals surface area contributed by atoms with E-state index in [0.717, 1.165) is 12.8 Å². The van der Waals surface area contributed by atoms with Gasteiger partial charge in [0.05, 0.1) is 24.0 Å². The number of hydrogen-bond acceptors (Lipinski definition) is 4.